The molecule has 0 saturated heterocycles. The molecule has 1 heterocycles. The molecule has 5 aromatic rings. The van der Waals surface area contributed by atoms with Crippen LogP contribution in [0.5, 0.6) is 0 Å². The van der Waals surface area contributed by atoms with E-state index >= 15 is 0 Å². The van der Waals surface area contributed by atoms with Crippen LogP contribution in [0.25, 0.3) is 38.6 Å². The molecule has 0 atom stereocenters. The first kappa shape index (κ1) is 17.3. The SMILES string of the molecule is CNc1ccc2c(c1)C(C)(C)c1cc3c(cc1-2)c1ccccc1n3-c1ccccc1. The van der Waals surface area contributed by atoms with Gasteiger partial charge in [0.05, 0.1) is 11.0 Å². The van der Waals surface area contributed by atoms with Crippen molar-refractivity contribution in [1.29, 1.82) is 0 Å². The highest BCUT2D eigenvalue weighted by Gasteiger charge is 2.36. The predicted octanol–water partition coefficient (Wildman–Crippen LogP) is 7.13. The quantitative estimate of drug-likeness (QED) is 0.340. The number of aromatic nitrogens is 1. The Bertz CT molecular complexity index is 1440. The van der Waals surface area contributed by atoms with Crippen LogP contribution < -0.4 is 5.32 Å². The summed E-state index contributed by atoms with van der Waals surface area (Å²) in [5.74, 6) is 0. The van der Waals surface area contributed by atoms with Crippen molar-refractivity contribution in [2.75, 3.05) is 12.4 Å². The summed E-state index contributed by atoms with van der Waals surface area (Å²) < 4.78 is 2.41. The van der Waals surface area contributed by atoms with Gasteiger partial charge in [-0.05, 0) is 64.7 Å². The normalized spacial score (nSPS) is 14.1. The van der Waals surface area contributed by atoms with Gasteiger partial charge >= 0.3 is 0 Å². The number of anilines is 1. The minimum Gasteiger partial charge on any atom is -0.388 e. The highest BCUT2D eigenvalue weighted by Crippen LogP contribution is 2.51. The second kappa shape index (κ2) is 5.99. The van der Waals surface area contributed by atoms with E-state index in [1.165, 1.54) is 55.4 Å². The van der Waals surface area contributed by atoms with Crippen molar-refractivity contribution in [1.82, 2.24) is 4.57 Å². The third kappa shape index (κ3) is 2.19. The minimum absolute atomic E-state index is 0.0380. The Labute approximate surface area is 176 Å². The fraction of sp³-hybridized carbons (Fsp3) is 0.143. The van der Waals surface area contributed by atoms with Crippen LogP contribution in [0.4, 0.5) is 5.69 Å². The molecule has 0 bridgehead atoms. The van der Waals surface area contributed by atoms with Gasteiger partial charge in [0.15, 0.2) is 0 Å². The van der Waals surface area contributed by atoms with E-state index in [2.05, 4.69) is 109 Å². The number of benzene rings is 4. The molecular formula is C28H24N2. The zero-order chi connectivity index (χ0) is 20.5. The highest BCUT2D eigenvalue weighted by atomic mass is 15.0. The number of para-hydroxylation sites is 2. The first-order valence-electron chi connectivity index (χ1n) is 10.6. The van der Waals surface area contributed by atoms with Crippen molar-refractivity contribution in [3.63, 3.8) is 0 Å². The van der Waals surface area contributed by atoms with E-state index in [-0.39, 0.29) is 5.41 Å². The Hall–Kier alpha value is -3.52. The van der Waals surface area contributed by atoms with E-state index in [4.69, 9.17) is 0 Å². The van der Waals surface area contributed by atoms with Crippen LogP contribution in [-0.4, -0.2) is 11.6 Å². The van der Waals surface area contributed by atoms with Crippen molar-refractivity contribution in [2.24, 2.45) is 0 Å². The minimum atomic E-state index is -0.0380. The van der Waals surface area contributed by atoms with Crippen molar-refractivity contribution >= 4 is 27.5 Å². The monoisotopic (exact) mass is 388 g/mol. The number of nitrogens with one attached hydrogen (secondary N) is 1. The topological polar surface area (TPSA) is 17.0 Å². The van der Waals surface area contributed by atoms with Gasteiger partial charge < -0.3 is 9.88 Å². The maximum Gasteiger partial charge on any atom is 0.0544 e. The molecule has 1 aliphatic rings. The number of fused-ring (bicyclic) bond motifs is 6. The smallest absolute Gasteiger partial charge is 0.0544 e. The van der Waals surface area contributed by atoms with Crippen molar-refractivity contribution in [3.05, 3.63) is 96.1 Å². The number of rotatable bonds is 2. The van der Waals surface area contributed by atoms with Gasteiger partial charge in [0, 0.05) is 34.6 Å². The Morgan fingerprint density at radius 3 is 2.20 bits per heavy atom. The second-order valence-corrected chi connectivity index (χ2v) is 8.74. The van der Waals surface area contributed by atoms with E-state index in [9.17, 15) is 0 Å². The van der Waals surface area contributed by atoms with E-state index in [1.54, 1.807) is 0 Å². The second-order valence-electron chi connectivity index (χ2n) is 8.74. The maximum absolute atomic E-state index is 3.30. The molecule has 0 saturated carbocycles. The van der Waals surface area contributed by atoms with Crippen molar-refractivity contribution in [3.8, 4) is 16.8 Å². The summed E-state index contributed by atoms with van der Waals surface area (Å²) in [4.78, 5) is 0. The molecule has 0 spiro atoms. The first-order valence-corrected chi connectivity index (χ1v) is 10.6. The zero-order valence-corrected chi connectivity index (χ0v) is 17.5. The predicted molar refractivity (Wildman–Crippen MR) is 128 cm³/mol. The number of nitrogens with zero attached hydrogens (tertiary/aromatic N) is 1. The van der Waals surface area contributed by atoms with E-state index in [0.29, 0.717) is 0 Å². The largest absolute Gasteiger partial charge is 0.388 e. The van der Waals surface area contributed by atoms with Crippen LogP contribution in [0, 0.1) is 0 Å². The summed E-state index contributed by atoms with van der Waals surface area (Å²) >= 11 is 0. The third-order valence-corrected chi connectivity index (χ3v) is 6.77. The van der Waals surface area contributed by atoms with Gasteiger partial charge in [-0.3, -0.25) is 0 Å². The lowest BCUT2D eigenvalue weighted by molar-refractivity contribution is 0.661. The molecule has 1 aromatic heterocycles. The van der Waals surface area contributed by atoms with Crippen LogP contribution in [0.2, 0.25) is 0 Å². The lowest BCUT2D eigenvalue weighted by Gasteiger charge is -2.22. The lowest BCUT2D eigenvalue weighted by Crippen LogP contribution is -2.15. The molecule has 146 valence electrons. The standard InChI is InChI=1S/C28H24N2/c1-28(2)24-15-18(29-3)13-14-20(24)22-16-23-21-11-7-8-12-26(21)30(27(23)17-25(22)28)19-9-5-4-6-10-19/h4-17,29H,1-3H3. The average Bonchev–Trinajstić information content (AvgIpc) is 3.22. The highest BCUT2D eigenvalue weighted by molar-refractivity contribution is 6.11. The number of hydrogen-bond acceptors (Lipinski definition) is 1. The molecule has 1 N–H and O–H groups in total. The molecule has 0 unspecified atom stereocenters. The van der Waals surface area contributed by atoms with Crippen LogP contribution in [0.1, 0.15) is 25.0 Å². The van der Waals surface area contributed by atoms with Gasteiger partial charge in [-0.2, -0.15) is 0 Å². The molecule has 2 nitrogen and oxygen atoms in total. The first-order chi connectivity index (χ1) is 14.6. The Kier molecular flexibility index (Phi) is 3.47. The number of hydrogen-bond donors (Lipinski definition) is 1. The van der Waals surface area contributed by atoms with E-state index in [1.807, 2.05) is 7.05 Å². The average molecular weight is 389 g/mol. The molecular weight excluding hydrogens is 364 g/mol. The van der Waals surface area contributed by atoms with Crippen molar-refractivity contribution in [2.45, 2.75) is 19.3 Å². The fourth-order valence-corrected chi connectivity index (χ4v) is 5.21. The van der Waals surface area contributed by atoms with E-state index in [0.717, 1.165) is 0 Å². The Balaban J connectivity index is 1.74. The van der Waals surface area contributed by atoms with E-state index < -0.39 is 0 Å². The van der Waals surface area contributed by atoms with Crippen molar-refractivity contribution < 1.29 is 0 Å². The Morgan fingerprint density at radius 1 is 0.667 bits per heavy atom. The molecule has 0 aliphatic heterocycles. The van der Waals surface area contributed by atoms with Gasteiger partial charge in [-0.25, -0.2) is 0 Å². The summed E-state index contributed by atoms with van der Waals surface area (Å²) in [5.41, 5.74) is 10.4. The fourth-order valence-electron chi connectivity index (χ4n) is 5.21. The van der Waals surface area contributed by atoms with Crippen LogP contribution in [0.15, 0.2) is 84.9 Å². The van der Waals surface area contributed by atoms with Crippen LogP contribution in [0.3, 0.4) is 0 Å². The molecule has 0 radical (unpaired) electrons. The third-order valence-electron chi connectivity index (χ3n) is 6.77. The molecule has 1 aliphatic carbocycles. The molecule has 0 fully saturated rings. The molecule has 6 rings (SSSR count). The molecule has 30 heavy (non-hydrogen) atoms. The molecule has 4 aromatic carbocycles. The van der Waals surface area contributed by atoms with Gasteiger partial charge in [-0.15, -0.1) is 0 Å². The Morgan fingerprint density at radius 2 is 1.40 bits per heavy atom. The van der Waals surface area contributed by atoms with Gasteiger partial charge in [0.25, 0.3) is 0 Å². The summed E-state index contributed by atoms with van der Waals surface area (Å²) in [7, 11) is 1.99. The summed E-state index contributed by atoms with van der Waals surface area (Å²) in [6, 6.07) is 31.0. The molecule has 2 heteroatoms. The summed E-state index contributed by atoms with van der Waals surface area (Å²) in [6.07, 6.45) is 0. The lowest BCUT2D eigenvalue weighted by atomic mass is 9.82. The van der Waals surface area contributed by atoms with Crippen LogP contribution in [-0.2, 0) is 5.41 Å². The van der Waals surface area contributed by atoms with Gasteiger partial charge in [0.1, 0.15) is 0 Å². The van der Waals surface area contributed by atoms with Gasteiger partial charge in [-0.1, -0.05) is 56.3 Å². The summed E-state index contributed by atoms with van der Waals surface area (Å²) in [5, 5.41) is 5.92. The zero-order valence-electron chi connectivity index (χ0n) is 17.5. The maximum atomic E-state index is 3.30. The van der Waals surface area contributed by atoms with Gasteiger partial charge in [0.2, 0.25) is 0 Å². The van der Waals surface area contributed by atoms with Crippen LogP contribution >= 0.6 is 0 Å². The summed E-state index contributed by atoms with van der Waals surface area (Å²) in [6.45, 7) is 4.69. The molecule has 0 amide bonds.